The van der Waals surface area contributed by atoms with Crippen molar-refractivity contribution in [2.24, 2.45) is 0 Å². The molecule has 230 valence electrons. The molecule has 4 aromatic carbocycles. The summed E-state index contributed by atoms with van der Waals surface area (Å²) in [7, 11) is 0. The number of hydrogen-bond donors (Lipinski definition) is 3. The molecule has 0 saturated carbocycles. The second-order valence-corrected chi connectivity index (χ2v) is 11.7. The van der Waals surface area contributed by atoms with E-state index in [1.807, 2.05) is 24.4 Å². The average molecular weight is 617 g/mol. The van der Waals surface area contributed by atoms with Crippen molar-refractivity contribution < 1.29 is 4.79 Å². The number of aromatic amines is 2. The Balaban J connectivity index is 1.21. The van der Waals surface area contributed by atoms with E-state index in [4.69, 9.17) is 10.2 Å². The van der Waals surface area contributed by atoms with Crippen LogP contribution in [0.15, 0.2) is 122 Å². The number of rotatable bonds is 10. The quantitative estimate of drug-likeness (QED) is 0.158. The molecule has 0 saturated heterocycles. The maximum atomic E-state index is 13.6. The van der Waals surface area contributed by atoms with Gasteiger partial charge in [0.1, 0.15) is 11.5 Å². The van der Waals surface area contributed by atoms with E-state index >= 15 is 0 Å². The number of aromatic nitrogens is 7. The summed E-state index contributed by atoms with van der Waals surface area (Å²) >= 11 is 0. The topological polar surface area (TPSA) is 117 Å². The number of amides is 1. The van der Waals surface area contributed by atoms with Gasteiger partial charge < -0.3 is 19.9 Å². The SMILES string of the molecule is O=C(NC(Cc1c[nH]c2ccccc12)c1nnc(CCc2c[nH]c3ccccc23)n1Cc1cccc2ccccc12)c1cnccn1. The number of para-hydroxylation sites is 2. The highest BCUT2D eigenvalue weighted by atomic mass is 16.2. The zero-order valence-corrected chi connectivity index (χ0v) is 25.6. The van der Waals surface area contributed by atoms with E-state index in [1.54, 1.807) is 6.20 Å². The molecule has 1 amide bonds. The van der Waals surface area contributed by atoms with Gasteiger partial charge in [-0.3, -0.25) is 9.78 Å². The summed E-state index contributed by atoms with van der Waals surface area (Å²) in [6, 6.07) is 30.8. The second-order valence-electron chi connectivity index (χ2n) is 11.7. The van der Waals surface area contributed by atoms with Crippen molar-refractivity contribution in [2.45, 2.75) is 31.8 Å². The molecule has 47 heavy (non-hydrogen) atoms. The van der Waals surface area contributed by atoms with Crippen LogP contribution in [0.4, 0.5) is 0 Å². The summed E-state index contributed by atoms with van der Waals surface area (Å²) in [4.78, 5) is 28.7. The van der Waals surface area contributed by atoms with Gasteiger partial charge >= 0.3 is 0 Å². The van der Waals surface area contributed by atoms with Crippen LogP contribution in [0.2, 0.25) is 0 Å². The van der Waals surface area contributed by atoms with Crippen LogP contribution in [0.1, 0.15) is 44.9 Å². The third-order valence-corrected chi connectivity index (χ3v) is 8.87. The Morgan fingerprint density at radius 3 is 2.21 bits per heavy atom. The molecule has 4 aromatic heterocycles. The Morgan fingerprint density at radius 1 is 0.723 bits per heavy atom. The summed E-state index contributed by atoms with van der Waals surface area (Å²) in [5.41, 5.74) is 5.86. The van der Waals surface area contributed by atoms with Gasteiger partial charge in [0.25, 0.3) is 5.91 Å². The minimum Gasteiger partial charge on any atom is -0.361 e. The van der Waals surface area contributed by atoms with Gasteiger partial charge in [-0.25, -0.2) is 4.98 Å². The fraction of sp³-hybridized carbons (Fsp3) is 0.132. The molecule has 8 rings (SSSR count). The Labute approximate surface area is 270 Å². The highest BCUT2D eigenvalue weighted by molar-refractivity contribution is 5.92. The van der Waals surface area contributed by atoms with Crippen molar-refractivity contribution in [1.29, 1.82) is 0 Å². The number of benzene rings is 4. The molecule has 0 aliphatic rings. The molecule has 9 heteroatoms. The standard InChI is InChI=1S/C38H32N8O/c47-38(35-23-39-18-19-40-35)43-34(20-28-22-42-33-15-6-4-13-31(28)33)37-45-44-36(17-16-26-21-41-32-14-5-3-12-30(26)32)46(37)24-27-10-7-9-25-8-1-2-11-29(25)27/h1-15,18-19,21-23,34,41-42H,16-17,20,24H2,(H,43,47). The van der Waals surface area contributed by atoms with E-state index in [-0.39, 0.29) is 11.6 Å². The van der Waals surface area contributed by atoms with E-state index in [1.165, 1.54) is 34.1 Å². The first-order valence-corrected chi connectivity index (χ1v) is 15.8. The number of carbonyl (C=O) groups is 1. The highest BCUT2D eigenvalue weighted by Crippen LogP contribution is 2.28. The van der Waals surface area contributed by atoms with Crippen molar-refractivity contribution in [3.8, 4) is 0 Å². The second kappa shape index (κ2) is 12.4. The molecule has 0 radical (unpaired) electrons. The molecule has 1 unspecified atom stereocenters. The van der Waals surface area contributed by atoms with Gasteiger partial charge in [-0.15, -0.1) is 10.2 Å². The molecule has 0 fully saturated rings. The fourth-order valence-electron chi connectivity index (χ4n) is 6.53. The first kappa shape index (κ1) is 28.4. The fourth-order valence-corrected chi connectivity index (χ4v) is 6.53. The van der Waals surface area contributed by atoms with Gasteiger partial charge in [-0.05, 0) is 46.0 Å². The van der Waals surface area contributed by atoms with Crippen LogP contribution >= 0.6 is 0 Å². The Bertz CT molecular complexity index is 2330. The van der Waals surface area contributed by atoms with E-state index in [0.717, 1.165) is 39.8 Å². The maximum Gasteiger partial charge on any atom is 0.272 e. The van der Waals surface area contributed by atoms with Crippen LogP contribution in [0.25, 0.3) is 32.6 Å². The number of nitrogens with one attached hydrogen (secondary N) is 3. The Hall–Kier alpha value is -6.09. The molecular formula is C38H32N8O. The number of H-pyrrole nitrogens is 2. The maximum absolute atomic E-state index is 13.6. The van der Waals surface area contributed by atoms with Crippen molar-refractivity contribution in [3.63, 3.8) is 0 Å². The molecule has 8 aromatic rings. The van der Waals surface area contributed by atoms with Crippen LogP contribution in [-0.4, -0.2) is 40.6 Å². The molecule has 0 aliphatic carbocycles. The lowest BCUT2D eigenvalue weighted by Gasteiger charge is -2.20. The van der Waals surface area contributed by atoms with Crippen LogP contribution < -0.4 is 5.32 Å². The summed E-state index contributed by atoms with van der Waals surface area (Å²) in [5, 5.41) is 17.5. The predicted molar refractivity (Wildman–Crippen MR) is 183 cm³/mol. The lowest BCUT2D eigenvalue weighted by molar-refractivity contribution is 0.0928. The third kappa shape index (κ3) is 5.63. The predicted octanol–water partition coefficient (Wildman–Crippen LogP) is 6.73. The number of nitrogens with zero attached hydrogens (tertiary/aromatic N) is 5. The lowest BCUT2D eigenvalue weighted by atomic mass is 10.0. The lowest BCUT2D eigenvalue weighted by Crippen LogP contribution is -2.33. The summed E-state index contributed by atoms with van der Waals surface area (Å²) in [6.45, 7) is 0.554. The van der Waals surface area contributed by atoms with Crippen LogP contribution in [-0.2, 0) is 25.8 Å². The molecule has 3 N–H and O–H groups in total. The molecule has 1 atom stereocenters. The monoisotopic (exact) mass is 616 g/mol. The molecular weight excluding hydrogens is 584 g/mol. The number of fused-ring (bicyclic) bond motifs is 3. The molecule has 0 spiro atoms. The largest absolute Gasteiger partial charge is 0.361 e. The van der Waals surface area contributed by atoms with Crippen molar-refractivity contribution in [1.82, 2.24) is 40.0 Å². The van der Waals surface area contributed by atoms with Gasteiger partial charge in [0.05, 0.1) is 18.8 Å². The smallest absolute Gasteiger partial charge is 0.272 e. The normalized spacial score (nSPS) is 12.2. The van der Waals surface area contributed by atoms with Crippen LogP contribution in [0, 0.1) is 0 Å². The minimum absolute atomic E-state index is 0.246. The molecule has 0 bridgehead atoms. The van der Waals surface area contributed by atoms with Crippen LogP contribution in [0.3, 0.4) is 0 Å². The average Bonchev–Trinajstić information content (AvgIpc) is 3.85. The van der Waals surface area contributed by atoms with E-state index < -0.39 is 6.04 Å². The Morgan fingerprint density at radius 2 is 1.43 bits per heavy atom. The summed E-state index contributed by atoms with van der Waals surface area (Å²) in [6.07, 6.45) is 10.6. The van der Waals surface area contributed by atoms with Crippen molar-refractivity contribution >= 4 is 38.5 Å². The molecule has 9 nitrogen and oxygen atoms in total. The number of hydrogen-bond acceptors (Lipinski definition) is 5. The van der Waals surface area contributed by atoms with E-state index in [9.17, 15) is 4.79 Å². The zero-order chi connectivity index (χ0) is 31.6. The van der Waals surface area contributed by atoms with E-state index in [0.29, 0.717) is 25.2 Å². The first-order valence-electron chi connectivity index (χ1n) is 15.8. The van der Waals surface area contributed by atoms with Crippen molar-refractivity contribution in [3.05, 3.63) is 156 Å². The van der Waals surface area contributed by atoms with E-state index in [2.05, 4.69) is 109 Å². The highest BCUT2D eigenvalue weighted by Gasteiger charge is 2.26. The van der Waals surface area contributed by atoms with Gasteiger partial charge in [-0.1, -0.05) is 78.9 Å². The van der Waals surface area contributed by atoms with Crippen molar-refractivity contribution in [2.75, 3.05) is 0 Å². The van der Waals surface area contributed by atoms with Gasteiger partial charge in [0, 0.05) is 59.4 Å². The van der Waals surface area contributed by atoms with Crippen LogP contribution in [0.5, 0.6) is 0 Å². The molecule has 4 heterocycles. The minimum atomic E-state index is -0.493. The first-order chi connectivity index (χ1) is 23.2. The molecule has 0 aliphatic heterocycles. The number of aryl methyl sites for hydroxylation is 2. The van der Waals surface area contributed by atoms with Gasteiger partial charge in [-0.2, -0.15) is 0 Å². The van der Waals surface area contributed by atoms with Gasteiger partial charge in [0.15, 0.2) is 5.82 Å². The number of carbonyl (C=O) groups excluding carboxylic acids is 1. The van der Waals surface area contributed by atoms with Gasteiger partial charge in [0.2, 0.25) is 0 Å². The summed E-state index contributed by atoms with van der Waals surface area (Å²) < 4.78 is 2.19. The third-order valence-electron chi connectivity index (χ3n) is 8.87. The Kier molecular flexibility index (Phi) is 7.47. The zero-order valence-electron chi connectivity index (χ0n) is 25.6. The summed E-state index contributed by atoms with van der Waals surface area (Å²) in [5.74, 6) is 1.23.